The van der Waals surface area contributed by atoms with E-state index in [1.807, 2.05) is 0 Å². The summed E-state index contributed by atoms with van der Waals surface area (Å²) in [5.74, 6) is 0. The molecule has 0 aromatic heterocycles. The topological polar surface area (TPSA) is 6.48 Å². The van der Waals surface area contributed by atoms with E-state index in [1.165, 1.54) is 123 Å². The maximum atomic E-state index is 2.34. The van der Waals surface area contributed by atoms with Gasteiger partial charge in [-0.15, -0.1) is 0 Å². The van der Waals surface area contributed by atoms with Crippen molar-refractivity contribution in [2.45, 2.75) is 96.9 Å². The summed E-state index contributed by atoms with van der Waals surface area (Å²) in [5, 5.41) is 0. The first-order chi connectivity index (χ1) is 23.3. The highest BCUT2D eigenvalue weighted by atomic mass is 15.1. The molecule has 4 rings (SSSR count). The van der Waals surface area contributed by atoms with Crippen molar-refractivity contribution >= 4 is 44.8 Å². The van der Waals surface area contributed by atoms with Crippen molar-refractivity contribution in [3.05, 3.63) is 126 Å². The Morgan fingerprint density at radius 2 is 0.480 bits per heavy atom. The third-order valence-corrected chi connectivity index (χ3v) is 12.1. The Hall–Kier alpha value is -4.30. The van der Waals surface area contributed by atoms with Crippen molar-refractivity contribution in [3.8, 4) is 0 Å². The van der Waals surface area contributed by atoms with E-state index in [0.29, 0.717) is 0 Å². The quantitative estimate of drug-likeness (QED) is 0.173. The third-order valence-electron chi connectivity index (χ3n) is 12.1. The molecule has 0 radical (unpaired) electrons. The summed E-state index contributed by atoms with van der Waals surface area (Å²) < 4.78 is 0. The summed E-state index contributed by atoms with van der Waals surface area (Å²) in [6, 6.07) is 17.9. The third kappa shape index (κ3) is 6.87. The van der Waals surface area contributed by atoms with Gasteiger partial charge in [-0.2, -0.15) is 0 Å². The maximum absolute atomic E-state index is 2.34. The van der Waals surface area contributed by atoms with Gasteiger partial charge in [0, 0.05) is 39.6 Å². The van der Waals surface area contributed by atoms with Crippen LogP contribution in [0, 0.1) is 55.4 Å². The van der Waals surface area contributed by atoms with Gasteiger partial charge in [0.05, 0.1) is 0 Å². The van der Waals surface area contributed by atoms with Crippen molar-refractivity contribution in [1.82, 2.24) is 0 Å². The highest BCUT2D eigenvalue weighted by molar-refractivity contribution is 5.98. The smallest absolute Gasteiger partial charge is 0.0361 e. The molecule has 0 unspecified atom stereocenters. The van der Waals surface area contributed by atoms with Crippen molar-refractivity contribution in [2.24, 2.45) is 0 Å². The minimum Gasteiger partial charge on any atom is -0.378 e. The van der Waals surface area contributed by atoms with Gasteiger partial charge in [0.15, 0.2) is 0 Å². The number of rotatable bonds is 8. The van der Waals surface area contributed by atoms with Crippen molar-refractivity contribution < 1.29 is 0 Å². The number of benzene rings is 4. The van der Waals surface area contributed by atoms with E-state index in [9.17, 15) is 0 Å². The Balaban J connectivity index is 1.86. The first-order valence-electron chi connectivity index (χ1n) is 18.1. The fourth-order valence-corrected chi connectivity index (χ4v) is 8.08. The molecule has 0 saturated carbocycles. The standard InChI is InChI=1S/C48H62N2/c1-27(41-19-23-43(24-20-41)49(15)16)29(3)45-31(5)35(9)47(36(10)32(45)6)39(13)40(14)48-37(11)33(7)46(34(8)38(48)12)30(4)28(2)42-21-25-44(26-22-42)50(17)18/h19-26H,1-18H3/b29-27-,30-28-,40-39-. The Bertz CT molecular complexity index is 1830. The van der Waals surface area contributed by atoms with Gasteiger partial charge < -0.3 is 9.80 Å². The molecule has 0 atom stereocenters. The summed E-state index contributed by atoms with van der Waals surface area (Å²) >= 11 is 0. The lowest BCUT2D eigenvalue weighted by molar-refractivity contribution is 1.13. The molecule has 0 amide bonds. The molecule has 0 spiro atoms. The van der Waals surface area contributed by atoms with Gasteiger partial charge in [-0.3, -0.25) is 0 Å². The minimum absolute atomic E-state index is 1.22. The van der Waals surface area contributed by atoms with E-state index in [-0.39, 0.29) is 0 Å². The van der Waals surface area contributed by atoms with Gasteiger partial charge in [-0.05, 0) is 233 Å². The highest BCUT2D eigenvalue weighted by Crippen LogP contribution is 2.43. The van der Waals surface area contributed by atoms with Crippen molar-refractivity contribution in [1.29, 1.82) is 0 Å². The average molecular weight is 667 g/mol. The van der Waals surface area contributed by atoms with Gasteiger partial charge in [0.1, 0.15) is 0 Å². The molecule has 0 aliphatic carbocycles. The Kier molecular flexibility index (Phi) is 11.5. The molecule has 0 heterocycles. The SMILES string of the molecule is C/C(=C(\C)c1c(C)c(C)c(/C(C)=C(/C)c2c(C)c(C)c(/C(C)=C(/C)c3ccc(N(C)C)cc3)c(C)c2C)c(C)c1C)c1ccc(N(C)C)cc1. The summed E-state index contributed by atoms with van der Waals surface area (Å²) in [4.78, 5) is 4.30. The van der Waals surface area contributed by atoms with E-state index >= 15 is 0 Å². The monoisotopic (exact) mass is 666 g/mol. The predicted octanol–water partition coefficient (Wildman–Crippen LogP) is 13.1. The van der Waals surface area contributed by atoms with Gasteiger partial charge in [0.25, 0.3) is 0 Å². The van der Waals surface area contributed by atoms with Crippen LogP contribution in [0.25, 0.3) is 33.4 Å². The Morgan fingerprint density at radius 1 is 0.300 bits per heavy atom. The number of anilines is 2. The van der Waals surface area contributed by atoms with Crippen LogP contribution in [0.4, 0.5) is 11.4 Å². The van der Waals surface area contributed by atoms with Crippen LogP contribution in [-0.4, -0.2) is 28.2 Å². The largest absolute Gasteiger partial charge is 0.378 e. The van der Waals surface area contributed by atoms with Crippen LogP contribution in [0.3, 0.4) is 0 Å². The molecule has 0 bridgehead atoms. The zero-order valence-electron chi connectivity index (χ0n) is 34.5. The second-order valence-corrected chi connectivity index (χ2v) is 15.1. The zero-order chi connectivity index (χ0) is 37.5. The number of hydrogen-bond donors (Lipinski definition) is 0. The van der Waals surface area contributed by atoms with E-state index in [0.717, 1.165) is 0 Å². The fraction of sp³-hybridized carbons (Fsp3) is 0.375. The predicted molar refractivity (Wildman–Crippen MR) is 227 cm³/mol. The second kappa shape index (κ2) is 14.9. The molecule has 0 fully saturated rings. The summed E-state index contributed by atoms with van der Waals surface area (Å²) in [7, 11) is 8.36. The fourth-order valence-electron chi connectivity index (χ4n) is 8.08. The van der Waals surface area contributed by atoms with Gasteiger partial charge in [-0.25, -0.2) is 0 Å². The lowest BCUT2D eigenvalue weighted by Crippen LogP contribution is -2.08. The molecular formula is C48H62N2. The van der Waals surface area contributed by atoms with E-state index in [2.05, 4.69) is 183 Å². The molecule has 0 N–H and O–H groups in total. The van der Waals surface area contributed by atoms with Crippen molar-refractivity contribution in [2.75, 3.05) is 38.0 Å². The summed E-state index contributed by atoms with van der Waals surface area (Å²) in [5.41, 5.74) is 29.7. The minimum atomic E-state index is 1.22. The van der Waals surface area contributed by atoms with Crippen LogP contribution < -0.4 is 9.80 Å². The van der Waals surface area contributed by atoms with Gasteiger partial charge >= 0.3 is 0 Å². The second-order valence-electron chi connectivity index (χ2n) is 15.1. The summed E-state index contributed by atoms with van der Waals surface area (Å²) in [6.45, 7) is 32.4. The van der Waals surface area contributed by atoms with E-state index in [4.69, 9.17) is 0 Å². The van der Waals surface area contributed by atoms with Crippen LogP contribution in [0.15, 0.2) is 48.5 Å². The summed E-state index contributed by atoms with van der Waals surface area (Å²) in [6.07, 6.45) is 0. The average Bonchev–Trinajstić information content (AvgIpc) is 3.09. The highest BCUT2D eigenvalue weighted by Gasteiger charge is 2.23. The first-order valence-corrected chi connectivity index (χ1v) is 18.1. The Morgan fingerprint density at radius 3 is 0.660 bits per heavy atom. The molecule has 4 aromatic rings. The lowest BCUT2D eigenvalue weighted by Gasteiger charge is -2.26. The zero-order valence-corrected chi connectivity index (χ0v) is 34.5. The van der Waals surface area contributed by atoms with Crippen LogP contribution >= 0.6 is 0 Å². The molecular weight excluding hydrogens is 605 g/mol. The lowest BCUT2D eigenvalue weighted by atomic mass is 9.78. The molecule has 264 valence electrons. The van der Waals surface area contributed by atoms with Crippen LogP contribution in [-0.2, 0) is 0 Å². The number of hydrogen-bond acceptors (Lipinski definition) is 2. The first kappa shape index (κ1) is 38.5. The molecule has 0 aliphatic heterocycles. The van der Waals surface area contributed by atoms with E-state index in [1.54, 1.807) is 0 Å². The molecule has 4 aromatic carbocycles. The molecule has 50 heavy (non-hydrogen) atoms. The van der Waals surface area contributed by atoms with Crippen LogP contribution in [0.5, 0.6) is 0 Å². The van der Waals surface area contributed by atoms with Gasteiger partial charge in [-0.1, -0.05) is 24.3 Å². The number of allylic oxidation sites excluding steroid dienone is 6. The normalized spacial score (nSPS) is 13.2. The maximum Gasteiger partial charge on any atom is 0.0361 e. The van der Waals surface area contributed by atoms with Crippen LogP contribution in [0.2, 0.25) is 0 Å². The number of nitrogens with zero attached hydrogens (tertiary/aromatic N) is 2. The van der Waals surface area contributed by atoms with Gasteiger partial charge in [0.2, 0.25) is 0 Å². The van der Waals surface area contributed by atoms with E-state index < -0.39 is 0 Å². The molecule has 0 saturated heterocycles. The molecule has 2 heteroatoms. The molecule has 2 nitrogen and oxygen atoms in total. The van der Waals surface area contributed by atoms with Crippen LogP contribution in [0.1, 0.15) is 119 Å². The molecule has 0 aliphatic rings. The van der Waals surface area contributed by atoms with Crippen molar-refractivity contribution in [3.63, 3.8) is 0 Å². The Labute approximate surface area is 305 Å².